The van der Waals surface area contributed by atoms with E-state index in [0.29, 0.717) is 0 Å². The van der Waals surface area contributed by atoms with Gasteiger partial charge in [-0.25, -0.2) is 0 Å². The van der Waals surface area contributed by atoms with Gasteiger partial charge in [-0.1, -0.05) is 158 Å². The highest BCUT2D eigenvalue weighted by Crippen LogP contribution is 2.50. The van der Waals surface area contributed by atoms with Crippen molar-refractivity contribution in [1.82, 2.24) is 4.57 Å². The van der Waals surface area contributed by atoms with E-state index in [1.54, 1.807) is 0 Å². The highest BCUT2D eigenvalue weighted by atomic mass is 15.2. The molecule has 0 bridgehead atoms. The standard InChI is InChI=1S/C56H36BN3/c1-4-19-40(20-5-1)58-49-29-15-14-27-46(49)53-43(28-16-30-50(53)58)39-35-51-54-52(36-39)60(42-23-8-3-9-24-42)56-45-26-13-11-18-38(45)32-34-48(56)57(54)47-33-31-37-17-10-12-25-44(37)55(47)59(51)41-21-6-2-7-22-41/h1-36H. The Kier molecular flexibility index (Phi) is 7.10. The molecule has 0 atom stereocenters. The van der Waals surface area contributed by atoms with Crippen LogP contribution in [0, 0.1) is 0 Å². The third-order valence-corrected chi connectivity index (χ3v) is 12.9. The fraction of sp³-hybridized carbons (Fsp3) is 0. The van der Waals surface area contributed by atoms with E-state index in [1.807, 2.05) is 0 Å². The van der Waals surface area contributed by atoms with E-state index in [1.165, 1.54) is 93.6 Å². The van der Waals surface area contributed by atoms with E-state index in [4.69, 9.17) is 0 Å². The molecule has 13 rings (SSSR count). The van der Waals surface area contributed by atoms with Crippen LogP contribution in [-0.4, -0.2) is 11.3 Å². The number of fused-ring (bicyclic) bond motifs is 11. The first kappa shape index (κ1) is 33.2. The van der Waals surface area contributed by atoms with Gasteiger partial charge in [0.05, 0.1) is 11.0 Å². The number of hydrogen-bond acceptors (Lipinski definition) is 2. The van der Waals surface area contributed by atoms with Crippen LogP contribution in [0.5, 0.6) is 0 Å². The van der Waals surface area contributed by atoms with Crippen LogP contribution in [0.15, 0.2) is 218 Å². The summed E-state index contributed by atoms with van der Waals surface area (Å²) in [5, 5.41) is 7.45. The minimum absolute atomic E-state index is 0.000951. The van der Waals surface area contributed by atoms with Crippen molar-refractivity contribution in [3.63, 3.8) is 0 Å². The molecule has 0 radical (unpaired) electrons. The van der Waals surface area contributed by atoms with Gasteiger partial charge in [-0.2, -0.15) is 0 Å². The van der Waals surface area contributed by atoms with Crippen molar-refractivity contribution >= 4 is 101 Å². The molecule has 0 amide bonds. The summed E-state index contributed by atoms with van der Waals surface area (Å²) in [6, 6.07) is 80.6. The number of anilines is 6. The average Bonchev–Trinajstić information content (AvgIpc) is 3.66. The molecular formula is C56H36BN3. The molecule has 0 fully saturated rings. The molecule has 1 aromatic heterocycles. The zero-order chi connectivity index (χ0) is 39.3. The first-order valence-electron chi connectivity index (χ1n) is 20.8. The summed E-state index contributed by atoms with van der Waals surface area (Å²) in [6.07, 6.45) is 0. The molecule has 0 saturated carbocycles. The van der Waals surface area contributed by atoms with Crippen LogP contribution < -0.4 is 26.2 Å². The van der Waals surface area contributed by atoms with Gasteiger partial charge in [0.1, 0.15) is 0 Å². The molecule has 278 valence electrons. The van der Waals surface area contributed by atoms with Crippen LogP contribution in [0.4, 0.5) is 34.1 Å². The zero-order valence-electron chi connectivity index (χ0n) is 32.7. The molecule has 0 aliphatic carbocycles. The van der Waals surface area contributed by atoms with Crippen LogP contribution in [-0.2, 0) is 0 Å². The fourth-order valence-electron chi connectivity index (χ4n) is 10.5. The summed E-state index contributed by atoms with van der Waals surface area (Å²) >= 11 is 0. The zero-order valence-corrected chi connectivity index (χ0v) is 32.7. The Morgan fingerprint density at radius 1 is 0.350 bits per heavy atom. The number of rotatable bonds is 4. The van der Waals surface area contributed by atoms with Gasteiger partial charge in [-0.3, -0.25) is 0 Å². The number of aromatic nitrogens is 1. The van der Waals surface area contributed by atoms with Gasteiger partial charge in [-0.15, -0.1) is 0 Å². The molecule has 10 aromatic carbocycles. The van der Waals surface area contributed by atoms with Crippen molar-refractivity contribution in [3.8, 4) is 16.8 Å². The summed E-state index contributed by atoms with van der Waals surface area (Å²) in [6.45, 7) is -0.000951. The smallest absolute Gasteiger partial charge is 0.252 e. The summed E-state index contributed by atoms with van der Waals surface area (Å²) in [4.78, 5) is 5.11. The Morgan fingerprint density at radius 3 is 1.38 bits per heavy atom. The van der Waals surface area contributed by atoms with E-state index in [-0.39, 0.29) is 6.71 Å². The molecule has 3 heterocycles. The second-order valence-corrected chi connectivity index (χ2v) is 16.0. The Labute approximate surface area is 348 Å². The molecule has 0 saturated heterocycles. The summed E-state index contributed by atoms with van der Waals surface area (Å²) < 4.78 is 2.42. The van der Waals surface area contributed by atoms with Gasteiger partial charge < -0.3 is 14.4 Å². The number of nitrogens with zero attached hydrogens (tertiary/aromatic N) is 3. The molecule has 0 N–H and O–H groups in total. The van der Waals surface area contributed by atoms with Gasteiger partial charge in [0.15, 0.2) is 0 Å². The molecule has 0 unspecified atom stereocenters. The highest BCUT2D eigenvalue weighted by molar-refractivity contribution is 7.00. The van der Waals surface area contributed by atoms with Crippen LogP contribution in [0.2, 0.25) is 0 Å². The fourth-order valence-corrected chi connectivity index (χ4v) is 10.5. The Balaban J connectivity index is 1.21. The summed E-state index contributed by atoms with van der Waals surface area (Å²) in [5.74, 6) is 0. The van der Waals surface area contributed by atoms with E-state index < -0.39 is 0 Å². The minimum Gasteiger partial charge on any atom is -0.311 e. The predicted octanol–water partition coefficient (Wildman–Crippen LogP) is 12.8. The first-order chi connectivity index (χ1) is 29.8. The van der Waals surface area contributed by atoms with Crippen molar-refractivity contribution in [2.24, 2.45) is 0 Å². The molecule has 2 aliphatic heterocycles. The van der Waals surface area contributed by atoms with E-state index >= 15 is 0 Å². The highest BCUT2D eigenvalue weighted by Gasteiger charge is 2.44. The Hall–Kier alpha value is -7.82. The normalized spacial score (nSPS) is 12.9. The van der Waals surface area contributed by atoms with Gasteiger partial charge in [-0.05, 0) is 99.0 Å². The molecule has 11 aromatic rings. The monoisotopic (exact) mass is 761 g/mol. The predicted molar refractivity (Wildman–Crippen MR) is 255 cm³/mol. The summed E-state index contributed by atoms with van der Waals surface area (Å²) in [7, 11) is 0. The largest absolute Gasteiger partial charge is 0.311 e. The van der Waals surface area contributed by atoms with Crippen LogP contribution >= 0.6 is 0 Å². The van der Waals surface area contributed by atoms with Crippen LogP contribution in [0.25, 0.3) is 60.2 Å². The second kappa shape index (κ2) is 12.8. The van der Waals surface area contributed by atoms with E-state index in [0.717, 1.165) is 17.1 Å². The van der Waals surface area contributed by atoms with Crippen molar-refractivity contribution in [2.75, 3.05) is 9.80 Å². The molecule has 4 heteroatoms. The Bertz CT molecular complexity index is 3350. The SMILES string of the molecule is c1ccc(N2c3cc(-c4cccc5c4c4ccccc4n5-c4ccccc4)cc4c3B(c3ccc5ccccc5c32)c2ccc3ccccc3c2N4c2ccccc2)cc1. The molecule has 3 nitrogen and oxygen atoms in total. The maximum Gasteiger partial charge on any atom is 0.252 e. The third-order valence-electron chi connectivity index (χ3n) is 12.9. The minimum atomic E-state index is -0.000951. The number of para-hydroxylation sites is 4. The van der Waals surface area contributed by atoms with Gasteiger partial charge in [0.2, 0.25) is 0 Å². The van der Waals surface area contributed by atoms with Gasteiger partial charge >= 0.3 is 0 Å². The maximum atomic E-state index is 2.55. The number of benzene rings is 10. The van der Waals surface area contributed by atoms with E-state index in [2.05, 4.69) is 233 Å². The van der Waals surface area contributed by atoms with Crippen molar-refractivity contribution in [2.45, 2.75) is 0 Å². The maximum absolute atomic E-state index is 2.55. The van der Waals surface area contributed by atoms with Gasteiger partial charge in [0.25, 0.3) is 6.71 Å². The molecule has 2 aliphatic rings. The van der Waals surface area contributed by atoms with Crippen LogP contribution in [0.3, 0.4) is 0 Å². The topological polar surface area (TPSA) is 11.4 Å². The Morgan fingerprint density at radius 2 is 0.817 bits per heavy atom. The number of hydrogen-bond donors (Lipinski definition) is 0. The lowest BCUT2D eigenvalue weighted by atomic mass is 9.33. The van der Waals surface area contributed by atoms with E-state index in [9.17, 15) is 0 Å². The second-order valence-electron chi connectivity index (χ2n) is 16.0. The van der Waals surface area contributed by atoms with Crippen molar-refractivity contribution < 1.29 is 0 Å². The van der Waals surface area contributed by atoms with Crippen molar-refractivity contribution in [1.29, 1.82) is 0 Å². The molecular weight excluding hydrogens is 725 g/mol. The summed E-state index contributed by atoms with van der Waals surface area (Å²) in [5.41, 5.74) is 17.0. The average molecular weight is 762 g/mol. The lowest BCUT2D eigenvalue weighted by Crippen LogP contribution is -2.61. The molecule has 60 heavy (non-hydrogen) atoms. The first-order valence-corrected chi connectivity index (χ1v) is 20.8. The van der Waals surface area contributed by atoms with Crippen molar-refractivity contribution in [3.05, 3.63) is 218 Å². The third kappa shape index (κ3) is 4.67. The molecule has 0 spiro atoms. The lowest BCUT2D eigenvalue weighted by molar-refractivity contribution is 1.18. The van der Waals surface area contributed by atoms with Crippen LogP contribution in [0.1, 0.15) is 0 Å². The van der Waals surface area contributed by atoms with Gasteiger partial charge in [0, 0.05) is 61.4 Å². The lowest BCUT2D eigenvalue weighted by Gasteiger charge is -2.45. The quantitative estimate of drug-likeness (QED) is 0.166.